The van der Waals surface area contributed by atoms with E-state index in [9.17, 15) is 0 Å². The highest BCUT2D eigenvalue weighted by Crippen LogP contribution is 2.09. The van der Waals surface area contributed by atoms with Gasteiger partial charge in [0.2, 0.25) is 0 Å². The van der Waals surface area contributed by atoms with Gasteiger partial charge in [0.1, 0.15) is 12.6 Å². The fourth-order valence-corrected chi connectivity index (χ4v) is 3.23. The zero-order chi connectivity index (χ0) is 17.2. The summed E-state index contributed by atoms with van der Waals surface area (Å²) in [7, 11) is 0. The van der Waals surface area contributed by atoms with Crippen molar-refractivity contribution in [1.82, 2.24) is 0 Å². The standard InChI is InChI=1S/C23H27NO/c1-3-10-21(11-4-1)14-7-17-24(20-23-16-9-19-25-23)18-8-15-22-12-5-2-6-13-22/h1-8,10-15,23H,9,16-20H2/p+1/b14-7+,15-8+/t23-/m1/s1. The van der Waals surface area contributed by atoms with Crippen LogP contribution in [0.5, 0.6) is 0 Å². The van der Waals surface area contributed by atoms with Crippen LogP contribution in [0.25, 0.3) is 12.2 Å². The van der Waals surface area contributed by atoms with Gasteiger partial charge in [-0.1, -0.05) is 72.8 Å². The fraction of sp³-hybridized carbons (Fsp3) is 0.304. The third-order valence-corrected chi connectivity index (χ3v) is 4.57. The van der Waals surface area contributed by atoms with Crippen molar-refractivity contribution in [2.75, 3.05) is 26.2 Å². The SMILES string of the molecule is C(=C\c1ccccc1)/C[NH+](C/C=C/c1ccccc1)C[C@H]1CCCO1. The van der Waals surface area contributed by atoms with Gasteiger partial charge in [0, 0.05) is 6.61 Å². The molecule has 0 bridgehead atoms. The van der Waals surface area contributed by atoms with Gasteiger partial charge < -0.3 is 9.64 Å². The molecule has 3 rings (SSSR count). The highest BCUT2D eigenvalue weighted by molar-refractivity contribution is 5.49. The summed E-state index contributed by atoms with van der Waals surface area (Å²) in [5, 5.41) is 0. The molecule has 1 saturated heterocycles. The summed E-state index contributed by atoms with van der Waals surface area (Å²) < 4.78 is 5.84. The Bertz CT molecular complexity index is 606. The Kier molecular flexibility index (Phi) is 7.04. The molecule has 1 aliphatic heterocycles. The molecule has 1 aliphatic rings. The number of hydrogen-bond donors (Lipinski definition) is 1. The largest absolute Gasteiger partial charge is 0.372 e. The quantitative estimate of drug-likeness (QED) is 0.780. The maximum absolute atomic E-state index is 5.84. The van der Waals surface area contributed by atoms with Crippen LogP contribution >= 0.6 is 0 Å². The minimum atomic E-state index is 0.422. The van der Waals surface area contributed by atoms with Crippen LogP contribution in [0.4, 0.5) is 0 Å². The van der Waals surface area contributed by atoms with Crippen LogP contribution in [0.1, 0.15) is 24.0 Å². The third-order valence-electron chi connectivity index (χ3n) is 4.57. The van der Waals surface area contributed by atoms with Crippen LogP contribution in [0, 0.1) is 0 Å². The van der Waals surface area contributed by atoms with Gasteiger partial charge >= 0.3 is 0 Å². The van der Waals surface area contributed by atoms with Crippen molar-refractivity contribution in [1.29, 1.82) is 0 Å². The third kappa shape index (κ3) is 6.33. The molecule has 1 atom stereocenters. The highest BCUT2D eigenvalue weighted by atomic mass is 16.5. The number of quaternary nitrogens is 1. The lowest BCUT2D eigenvalue weighted by Gasteiger charge is -2.19. The molecule has 0 unspecified atom stereocenters. The van der Waals surface area contributed by atoms with E-state index in [-0.39, 0.29) is 0 Å². The predicted octanol–water partition coefficient (Wildman–Crippen LogP) is 3.48. The molecule has 1 fully saturated rings. The Balaban J connectivity index is 1.56. The Morgan fingerprint density at radius 1 is 0.840 bits per heavy atom. The Morgan fingerprint density at radius 2 is 1.40 bits per heavy atom. The fourth-order valence-electron chi connectivity index (χ4n) is 3.23. The van der Waals surface area contributed by atoms with E-state index in [2.05, 4.69) is 85.0 Å². The molecule has 0 saturated carbocycles. The van der Waals surface area contributed by atoms with E-state index < -0.39 is 0 Å². The maximum Gasteiger partial charge on any atom is 0.106 e. The second-order valence-electron chi connectivity index (χ2n) is 6.62. The van der Waals surface area contributed by atoms with Gasteiger partial charge in [0.15, 0.2) is 0 Å². The summed E-state index contributed by atoms with van der Waals surface area (Å²) in [5.41, 5.74) is 2.53. The van der Waals surface area contributed by atoms with Gasteiger partial charge in [-0.25, -0.2) is 0 Å². The first-order valence-electron chi connectivity index (χ1n) is 9.28. The van der Waals surface area contributed by atoms with Crippen molar-refractivity contribution >= 4 is 12.2 Å². The summed E-state index contributed by atoms with van der Waals surface area (Å²) in [5.74, 6) is 0. The normalized spacial score (nSPS) is 17.9. The average molecular weight is 334 g/mol. The molecule has 1 N–H and O–H groups in total. The molecular formula is C23H28NO+. The molecule has 0 spiro atoms. The van der Waals surface area contributed by atoms with Gasteiger partial charge in [-0.05, 0) is 36.1 Å². The summed E-state index contributed by atoms with van der Waals surface area (Å²) in [6.07, 6.45) is 11.8. The van der Waals surface area contributed by atoms with Crippen molar-refractivity contribution in [3.8, 4) is 0 Å². The molecule has 130 valence electrons. The molecule has 0 radical (unpaired) electrons. The van der Waals surface area contributed by atoms with Gasteiger partial charge in [0.05, 0.1) is 13.1 Å². The van der Waals surface area contributed by atoms with E-state index in [1.165, 1.54) is 24.0 Å². The number of rotatable bonds is 8. The van der Waals surface area contributed by atoms with E-state index in [0.29, 0.717) is 6.10 Å². The summed E-state index contributed by atoms with van der Waals surface area (Å²) in [4.78, 5) is 1.55. The Hall–Kier alpha value is -2.16. The summed E-state index contributed by atoms with van der Waals surface area (Å²) >= 11 is 0. The predicted molar refractivity (Wildman–Crippen MR) is 105 cm³/mol. The monoisotopic (exact) mass is 334 g/mol. The molecule has 25 heavy (non-hydrogen) atoms. The first-order chi connectivity index (χ1) is 12.4. The number of hydrogen-bond acceptors (Lipinski definition) is 1. The molecule has 2 nitrogen and oxygen atoms in total. The topological polar surface area (TPSA) is 13.7 Å². The molecule has 2 heteroatoms. The van der Waals surface area contributed by atoms with Crippen LogP contribution in [0.3, 0.4) is 0 Å². The maximum atomic E-state index is 5.84. The molecule has 2 aromatic carbocycles. The minimum Gasteiger partial charge on any atom is -0.372 e. The van der Waals surface area contributed by atoms with Crippen molar-refractivity contribution in [2.24, 2.45) is 0 Å². The van der Waals surface area contributed by atoms with Crippen molar-refractivity contribution in [3.05, 3.63) is 83.9 Å². The van der Waals surface area contributed by atoms with E-state index in [1.807, 2.05) is 0 Å². The summed E-state index contributed by atoms with van der Waals surface area (Å²) in [6, 6.07) is 21.0. The van der Waals surface area contributed by atoms with Crippen LogP contribution < -0.4 is 4.90 Å². The second kappa shape index (κ2) is 9.97. The Labute approximate surface area is 151 Å². The lowest BCUT2D eigenvalue weighted by molar-refractivity contribution is -0.891. The number of nitrogens with one attached hydrogen (secondary N) is 1. The van der Waals surface area contributed by atoms with E-state index >= 15 is 0 Å². The van der Waals surface area contributed by atoms with Gasteiger partial charge in [-0.2, -0.15) is 0 Å². The van der Waals surface area contributed by atoms with Crippen LogP contribution in [0.15, 0.2) is 72.8 Å². The smallest absolute Gasteiger partial charge is 0.106 e. The van der Waals surface area contributed by atoms with Crippen molar-refractivity contribution < 1.29 is 9.64 Å². The van der Waals surface area contributed by atoms with Crippen LogP contribution in [-0.2, 0) is 4.74 Å². The lowest BCUT2D eigenvalue weighted by atomic mass is 10.2. The number of ether oxygens (including phenoxy) is 1. The molecular weight excluding hydrogens is 306 g/mol. The molecule has 2 aromatic rings. The van der Waals surface area contributed by atoms with Crippen LogP contribution in [0.2, 0.25) is 0 Å². The van der Waals surface area contributed by atoms with Crippen molar-refractivity contribution in [3.63, 3.8) is 0 Å². The van der Waals surface area contributed by atoms with Crippen LogP contribution in [-0.4, -0.2) is 32.3 Å². The van der Waals surface area contributed by atoms with Crippen molar-refractivity contribution in [2.45, 2.75) is 18.9 Å². The van der Waals surface area contributed by atoms with Gasteiger partial charge in [0.25, 0.3) is 0 Å². The highest BCUT2D eigenvalue weighted by Gasteiger charge is 2.20. The molecule has 0 aliphatic carbocycles. The van der Waals surface area contributed by atoms with E-state index in [4.69, 9.17) is 4.74 Å². The second-order valence-corrected chi connectivity index (χ2v) is 6.62. The zero-order valence-corrected chi connectivity index (χ0v) is 14.8. The molecule has 0 amide bonds. The first-order valence-corrected chi connectivity index (χ1v) is 9.28. The zero-order valence-electron chi connectivity index (χ0n) is 14.8. The Morgan fingerprint density at radius 3 is 1.88 bits per heavy atom. The minimum absolute atomic E-state index is 0.422. The van der Waals surface area contributed by atoms with E-state index in [1.54, 1.807) is 4.90 Å². The number of benzene rings is 2. The van der Waals surface area contributed by atoms with Gasteiger partial charge in [-0.3, -0.25) is 0 Å². The van der Waals surface area contributed by atoms with Gasteiger partial charge in [-0.15, -0.1) is 0 Å². The first kappa shape index (κ1) is 17.7. The van der Waals surface area contributed by atoms with E-state index in [0.717, 1.165) is 26.2 Å². The lowest BCUT2D eigenvalue weighted by Crippen LogP contribution is -3.12. The molecule has 0 aromatic heterocycles. The average Bonchev–Trinajstić information content (AvgIpc) is 3.16. The molecule has 1 heterocycles. The summed E-state index contributed by atoms with van der Waals surface area (Å²) in [6.45, 7) is 4.05.